The zero-order valence-corrected chi connectivity index (χ0v) is 12.7. The number of carbonyl (C=O) groups excluding carboxylic acids is 2. The first kappa shape index (κ1) is 16.8. The van der Waals surface area contributed by atoms with E-state index in [0.29, 0.717) is 30.9 Å². The summed E-state index contributed by atoms with van der Waals surface area (Å²) in [6, 6.07) is 5.63. The molecule has 6 heteroatoms. The van der Waals surface area contributed by atoms with Crippen molar-refractivity contribution in [1.82, 2.24) is 10.6 Å². The monoisotopic (exact) mass is 294 g/mol. The van der Waals surface area contributed by atoms with Gasteiger partial charge in [-0.25, -0.2) is 0 Å². The van der Waals surface area contributed by atoms with Crippen molar-refractivity contribution in [3.63, 3.8) is 0 Å². The Labute approximate surface area is 124 Å². The second-order valence-electron chi connectivity index (χ2n) is 4.42. The van der Waals surface area contributed by atoms with E-state index < -0.39 is 0 Å². The fourth-order valence-electron chi connectivity index (χ4n) is 1.75. The molecule has 21 heavy (non-hydrogen) atoms. The highest BCUT2D eigenvalue weighted by atomic mass is 16.5. The van der Waals surface area contributed by atoms with Crippen LogP contribution in [-0.2, 0) is 16.0 Å². The Kier molecular flexibility index (Phi) is 7.08. The Bertz CT molecular complexity index is 489. The number of carbonyl (C=O) groups is 2. The van der Waals surface area contributed by atoms with Gasteiger partial charge in [-0.1, -0.05) is 13.0 Å². The summed E-state index contributed by atoms with van der Waals surface area (Å²) in [6.45, 7) is 2.25. The number of ether oxygens (including phenoxy) is 2. The lowest BCUT2D eigenvalue weighted by molar-refractivity contribution is -0.125. The summed E-state index contributed by atoms with van der Waals surface area (Å²) in [5, 5.41) is 5.28. The Balaban J connectivity index is 2.38. The van der Waals surface area contributed by atoms with Crippen LogP contribution in [0.4, 0.5) is 0 Å². The van der Waals surface area contributed by atoms with Gasteiger partial charge in [-0.2, -0.15) is 0 Å². The fourth-order valence-corrected chi connectivity index (χ4v) is 1.75. The second-order valence-corrected chi connectivity index (χ2v) is 4.42. The number of methoxy groups -OCH3 is 2. The van der Waals surface area contributed by atoms with Gasteiger partial charge >= 0.3 is 0 Å². The number of hydrogen-bond acceptors (Lipinski definition) is 4. The Morgan fingerprint density at radius 1 is 1.05 bits per heavy atom. The van der Waals surface area contributed by atoms with Gasteiger partial charge < -0.3 is 20.1 Å². The van der Waals surface area contributed by atoms with Crippen molar-refractivity contribution in [2.24, 2.45) is 0 Å². The summed E-state index contributed by atoms with van der Waals surface area (Å²) >= 11 is 0. The standard InChI is InChI=1S/C15H22N2O4/c1-4-14(18)17-10-15(19)16-8-7-11-5-6-12(20-2)13(9-11)21-3/h5-6,9H,4,7-8,10H2,1-3H3,(H,16,19)(H,17,18). The summed E-state index contributed by atoms with van der Waals surface area (Å²) in [5.41, 5.74) is 1.03. The molecule has 0 bridgehead atoms. The third-order valence-electron chi connectivity index (χ3n) is 2.95. The maximum absolute atomic E-state index is 11.5. The van der Waals surface area contributed by atoms with E-state index in [0.717, 1.165) is 5.56 Å². The second kappa shape index (κ2) is 8.84. The Morgan fingerprint density at radius 2 is 1.76 bits per heavy atom. The topological polar surface area (TPSA) is 76.7 Å². The zero-order chi connectivity index (χ0) is 15.7. The van der Waals surface area contributed by atoms with Crippen LogP contribution in [0.15, 0.2) is 18.2 Å². The van der Waals surface area contributed by atoms with Crippen molar-refractivity contribution in [3.8, 4) is 11.5 Å². The molecule has 0 heterocycles. The predicted molar refractivity (Wildman–Crippen MR) is 79.6 cm³/mol. The van der Waals surface area contributed by atoms with E-state index in [-0.39, 0.29) is 18.4 Å². The molecule has 1 aromatic rings. The molecular weight excluding hydrogens is 272 g/mol. The van der Waals surface area contributed by atoms with E-state index in [4.69, 9.17) is 9.47 Å². The van der Waals surface area contributed by atoms with Gasteiger partial charge in [-0.15, -0.1) is 0 Å². The molecule has 0 saturated heterocycles. The van der Waals surface area contributed by atoms with Crippen LogP contribution in [0, 0.1) is 0 Å². The van der Waals surface area contributed by atoms with Crippen LogP contribution in [0.25, 0.3) is 0 Å². The summed E-state index contributed by atoms with van der Waals surface area (Å²) in [6.07, 6.45) is 1.05. The molecule has 0 aromatic heterocycles. The van der Waals surface area contributed by atoms with Crippen molar-refractivity contribution in [3.05, 3.63) is 23.8 Å². The lowest BCUT2D eigenvalue weighted by atomic mass is 10.1. The van der Waals surface area contributed by atoms with Crippen molar-refractivity contribution >= 4 is 11.8 Å². The molecule has 2 N–H and O–H groups in total. The number of nitrogens with one attached hydrogen (secondary N) is 2. The van der Waals surface area contributed by atoms with Crippen molar-refractivity contribution in [2.45, 2.75) is 19.8 Å². The first-order valence-electron chi connectivity index (χ1n) is 6.85. The summed E-state index contributed by atoms with van der Waals surface area (Å²) < 4.78 is 10.4. The normalized spacial score (nSPS) is 9.86. The molecule has 0 spiro atoms. The van der Waals surface area contributed by atoms with Gasteiger partial charge in [0.1, 0.15) is 0 Å². The van der Waals surface area contributed by atoms with E-state index in [9.17, 15) is 9.59 Å². The molecule has 0 atom stereocenters. The minimum Gasteiger partial charge on any atom is -0.493 e. The number of amides is 2. The Hall–Kier alpha value is -2.24. The molecule has 0 aliphatic carbocycles. The van der Waals surface area contributed by atoms with Gasteiger partial charge in [0.15, 0.2) is 11.5 Å². The van der Waals surface area contributed by atoms with Gasteiger partial charge in [0.2, 0.25) is 11.8 Å². The van der Waals surface area contributed by atoms with E-state index in [1.54, 1.807) is 21.1 Å². The Morgan fingerprint density at radius 3 is 2.38 bits per heavy atom. The van der Waals surface area contributed by atoms with Crippen molar-refractivity contribution in [2.75, 3.05) is 27.3 Å². The molecule has 2 amide bonds. The van der Waals surface area contributed by atoms with Crippen molar-refractivity contribution in [1.29, 1.82) is 0 Å². The van der Waals surface area contributed by atoms with Crippen LogP contribution >= 0.6 is 0 Å². The quantitative estimate of drug-likeness (QED) is 0.746. The van der Waals surface area contributed by atoms with Gasteiger partial charge in [0, 0.05) is 13.0 Å². The average Bonchev–Trinajstić information content (AvgIpc) is 2.52. The van der Waals surface area contributed by atoms with Gasteiger partial charge in [-0.3, -0.25) is 9.59 Å². The maximum Gasteiger partial charge on any atom is 0.239 e. The minimum absolute atomic E-state index is 0.0125. The summed E-state index contributed by atoms with van der Waals surface area (Å²) in [5.74, 6) is 1.01. The van der Waals surface area contributed by atoms with Crippen LogP contribution in [0.1, 0.15) is 18.9 Å². The van der Waals surface area contributed by atoms with Crippen LogP contribution in [0.2, 0.25) is 0 Å². The van der Waals surface area contributed by atoms with Crippen LogP contribution in [0.5, 0.6) is 11.5 Å². The summed E-state index contributed by atoms with van der Waals surface area (Å²) in [4.78, 5) is 22.5. The lowest BCUT2D eigenvalue weighted by Crippen LogP contribution is -2.37. The third kappa shape index (κ3) is 5.72. The first-order chi connectivity index (χ1) is 10.1. The molecule has 1 rings (SSSR count). The minimum atomic E-state index is -0.197. The predicted octanol–water partition coefficient (Wildman–Crippen LogP) is 0.889. The third-order valence-corrected chi connectivity index (χ3v) is 2.95. The highest BCUT2D eigenvalue weighted by molar-refractivity contribution is 5.84. The van der Waals surface area contributed by atoms with Gasteiger partial charge in [0.05, 0.1) is 20.8 Å². The largest absolute Gasteiger partial charge is 0.493 e. The molecule has 0 aliphatic rings. The van der Waals surface area contributed by atoms with Gasteiger partial charge in [0.25, 0.3) is 0 Å². The van der Waals surface area contributed by atoms with E-state index in [1.807, 2.05) is 18.2 Å². The zero-order valence-electron chi connectivity index (χ0n) is 12.7. The molecular formula is C15H22N2O4. The SMILES string of the molecule is CCC(=O)NCC(=O)NCCc1ccc(OC)c(OC)c1. The van der Waals surface area contributed by atoms with Gasteiger partial charge in [-0.05, 0) is 24.1 Å². The van der Waals surface area contributed by atoms with Crippen LogP contribution in [-0.4, -0.2) is 39.1 Å². The highest BCUT2D eigenvalue weighted by Gasteiger charge is 2.06. The average molecular weight is 294 g/mol. The molecule has 0 unspecified atom stereocenters. The molecule has 1 aromatic carbocycles. The summed E-state index contributed by atoms with van der Waals surface area (Å²) in [7, 11) is 3.17. The van der Waals surface area contributed by atoms with Crippen LogP contribution < -0.4 is 20.1 Å². The molecule has 6 nitrogen and oxygen atoms in total. The number of rotatable bonds is 8. The first-order valence-corrected chi connectivity index (χ1v) is 6.85. The highest BCUT2D eigenvalue weighted by Crippen LogP contribution is 2.27. The molecule has 0 saturated carbocycles. The van der Waals surface area contributed by atoms with Crippen LogP contribution in [0.3, 0.4) is 0 Å². The van der Waals surface area contributed by atoms with E-state index >= 15 is 0 Å². The molecule has 0 fully saturated rings. The molecule has 0 radical (unpaired) electrons. The molecule has 0 aliphatic heterocycles. The molecule has 116 valence electrons. The lowest BCUT2D eigenvalue weighted by Gasteiger charge is -2.10. The van der Waals surface area contributed by atoms with Crippen molar-refractivity contribution < 1.29 is 19.1 Å². The number of hydrogen-bond donors (Lipinski definition) is 2. The van der Waals surface area contributed by atoms with E-state index in [2.05, 4.69) is 10.6 Å². The smallest absolute Gasteiger partial charge is 0.239 e. The maximum atomic E-state index is 11.5. The van der Waals surface area contributed by atoms with E-state index in [1.165, 1.54) is 0 Å². The number of benzene rings is 1. The fraction of sp³-hybridized carbons (Fsp3) is 0.467.